The molecule has 3 aliphatic carbocycles. The van der Waals surface area contributed by atoms with Crippen LogP contribution < -0.4 is 0 Å². The van der Waals surface area contributed by atoms with Crippen molar-refractivity contribution in [3.05, 3.63) is 62.8 Å². The lowest BCUT2D eigenvalue weighted by atomic mass is 9.68. The molecule has 7 aliphatic rings. The van der Waals surface area contributed by atoms with Crippen LogP contribution in [0, 0.1) is 10.8 Å². The van der Waals surface area contributed by atoms with Crippen LogP contribution >= 0.6 is 13.5 Å². The van der Waals surface area contributed by atoms with Crippen molar-refractivity contribution in [2.75, 3.05) is 0 Å². The zero-order valence-corrected chi connectivity index (χ0v) is 53.0. The van der Waals surface area contributed by atoms with Crippen molar-refractivity contribution in [1.29, 1.82) is 0 Å². The summed E-state index contributed by atoms with van der Waals surface area (Å²) >= 11 is 7.33. The molecule has 7 rings (SSSR count). The van der Waals surface area contributed by atoms with Gasteiger partial charge in [-0.2, -0.15) is 13.5 Å². The van der Waals surface area contributed by atoms with Gasteiger partial charge in [0, 0.05) is 84.6 Å². The van der Waals surface area contributed by atoms with Crippen LogP contribution in [0.1, 0.15) is 209 Å². The highest BCUT2D eigenvalue weighted by molar-refractivity contribution is 8.07. The molecule has 3 saturated carbocycles. The van der Waals surface area contributed by atoms with Crippen molar-refractivity contribution in [1.82, 2.24) is 0 Å². The maximum atomic E-state index is 12.9. The predicted molar refractivity (Wildman–Crippen MR) is 323 cm³/mol. The molecule has 16 nitrogen and oxygen atoms in total. The summed E-state index contributed by atoms with van der Waals surface area (Å²) in [5.41, 5.74) is -2.70. The molecule has 0 unspecified atom stereocenters. The summed E-state index contributed by atoms with van der Waals surface area (Å²) in [6.45, 7) is 29.6. The van der Waals surface area contributed by atoms with Crippen LogP contribution in [-0.4, -0.2) is 118 Å². The molecule has 4 heterocycles. The third-order valence-corrected chi connectivity index (χ3v) is 16.1. The van der Waals surface area contributed by atoms with Gasteiger partial charge in [-0.3, -0.25) is 28.8 Å². The highest BCUT2D eigenvalue weighted by Gasteiger charge is 2.59. The van der Waals surface area contributed by atoms with E-state index in [-0.39, 0.29) is 98.9 Å². The number of hydrogen-bond donors (Lipinski definition) is 1. The van der Waals surface area contributed by atoms with Gasteiger partial charge in [0.05, 0.1) is 18.3 Å². The first-order chi connectivity index (χ1) is 38.2. The van der Waals surface area contributed by atoms with E-state index in [1.54, 1.807) is 26.0 Å². The first-order valence-corrected chi connectivity index (χ1v) is 30.8. The van der Waals surface area contributed by atoms with Crippen LogP contribution in [0.3, 0.4) is 0 Å². The van der Waals surface area contributed by atoms with E-state index in [1.807, 2.05) is 53.7 Å². The van der Waals surface area contributed by atoms with E-state index in [4.69, 9.17) is 42.6 Å². The number of ketones is 3. The summed E-state index contributed by atoms with van der Waals surface area (Å²) in [5.74, 6) is -2.96. The highest BCUT2D eigenvalue weighted by atomic mass is 32.8. The number of fused-ring (bicyclic) bond motifs is 6. The SMILES string of the molecule is C=CCCCCC(=O)O[C@@H]1C[C@](C)(C(=O)CCC=C)C[C@H]2OC(C)(C)O[C@@H]12.C=CCCCCC(=O)O[C@@H]1C[C@](O)(C(=O)CCC=C)C[C@H]2OC(C)(C)O[C@@H]12.CC1(C)O[C@H]2[C@H]3C[C@@](C)(C[C@H]2O1)C(=O)CCC=CCCCCC(=O)O3.S.S=S. The molecule has 0 amide bonds. The van der Waals surface area contributed by atoms with E-state index in [0.717, 1.165) is 57.8 Å². The standard InChI is InChI=1S/C22H34O5.C21H32O6.C20H30O5.S2.H2S/c1-6-8-10-11-13-19(24)25-16-14-22(5,18(23)12-9-7-2)15-17-20(16)27-21(3,4)26-17;1-5-7-9-10-12-18(23)25-15-13-21(24,17(22)11-8-6-2)14-16-19(15)27-20(3,4)26-16;1-19(2)24-15-13-20(3)12-14(18(15)25-19)23-17(22)11-9-7-5-4-6-8-10-16(20)21;1-2;/h6-7,16-17,20H,1-2,8-15H2,3-5H3;5-6,15-16,19,24H,1-2,7-14H2,3-4H3;4,6,14-15,18H,5,7-13H2,1-3H3;;1H2/t16-,17-,20+,22+;15-,16-,19+,21-;14-,15-,18+,20+;;/m111../s1. The molecule has 464 valence electrons. The zero-order valence-electron chi connectivity index (χ0n) is 50.3. The second-order valence-electron chi connectivity index (χ2n) is 24.6. The van der Waals surface area contributed by atoms with Gasteiger partial charge in [-0.1, -0.05) is 50.3 Å². The van der Waals surface area contributed by atoms with Crippen molar-refractivity contribution in [3.63, 3.8) is 0 Å². The van der Waals surface area contributed by atoms with Crippen molar-refractivity contribution >= 4 is 71.1 Å². The minimum Gasteiger partial charge on any atom is -0.459 e. The van der Waals surface area contributed by atoms with E-state index < -0.39 is 64.3 Å². The average Bonchev–Trinajstić information content (AvgIpc) is 3.62. The van der Waals surface area contributed by atoms with Gasteiger partial charge in [-0.05, 0) is 144 Å². The highest BCUT2D eigenvalue weighted by Crippen LogP contribution is 2.49. The van der Waals surface area contributed by atoms with Crippen LogP contribution in [0.15, 0.2) is 62.8 Å². The fourth-order valence-corrected chi connectivity index (χ4v) is 12.1. The van der Waals surface area contributed by atoms with E-state index in [9.17, 15) is 33.9 Å². The molecule has 0 radical (unpaired) electrons. The second kappa shape index (κ2) is 33.5. The summed E-state index contributed by atoms with van der Waals surface area (Å²) < 4.78 is 53.1. The Morgan fingerprint density at radius 2 is 1.00 bits per heavy atom. The number of allylic oxidation sites excluding steroid dienone is 6. The summed E-state index contributed by atoms with van der Waals surface area (Å²) in [6, 6.07) is 0. The van der Waals surface area contributed by atoms with Crippen molar-refractivity contribution in [2.24, 2.45) is 10.8 Å². The molecule has 2 bridgehead atoms. The van der Waals surface area contributed by atoms with Gasteiger partial charge in [0.1, 0.15) is 53.8 Å². The van der Waals surface area contributed by atoms with Gasteiger partial charge in [-0.25, -0.2) is 0 Å². The Bertz CT molecular complexity index is 2100. The number of ether oxygens (including phenoxy) is 9. The third kappa shape index (κ3) is 21.9. The lowest BCUT2D eigenvalue weighted by Crippen LogP contribution is -2.56. The zero-order chi connectivity index (χ0) is 60.2. The lowest BCUT2D eigenvalue weighted by Gasteiger charge is -2.41. The molecule has 4 aliphatic heterocycles. The van der Waals surface area contributed by atoms with Gasteiger partial charge in [0.25, 0.3) is 0 Å². The van der Waals surface area contributed by atoms with Crippen molar-refractivity contribution < 1.29 is 76.5 Å². The monoisotopic (exact) mass is 1210 g/mol. The van der Waals surface area contributed by atoms with Gasteiger partial charge in [-0.15, -0.1) is 26.3 Å². The molecule has 82 heavy (non-hydrogen) atoms. The number of hydrogen-bond acceptors (Lipinski definition) is 18. The quantitative estimate of drug-likeness (QED) is 0.0521. The van der Waals surface area contributed by atoms with Crippen LogP contribution in [0.25, 0.3) is 0 Å². The fraction of sp³-hybridized carbons (Fsp3) is 0.746. The number of esters is 3. The molecule has 19 heteroatoms. The van der Waals surface area contributed by atoms with E-state index in [1.165, 1.54) is 0 Å². The fourth-order valence-electron chi connectivity index (χ4n) is 12.1. The smallest absolute Gasteiger partial charge is 0.306 e. The minimum absolute atomic E-state index is 0. The Kier molecular flexibility index (Phi) is 29.8. The maximum Gasteiger partial charge on any atom is 0.306 e. The molecule has 6 fully saturated rings. The molecular weight excluding hydrogens is 1110 g/mol. The Balaban J connectivity index is 0.000000316. The number of carbonyl (C=O) groups excluding carboxylic acids is 6. The van der Waals surface area contributed by atoms with Gasteiger partial charge in [0.2, 0.25) is 0 Å². The predicted octanol–water partition coefficient (Wildman–Crippen LogP) is 11.5. The summed E-state index contributed by atoms with van der Waals surface area (Å²) in [7, 11) is 0. The first-order valence-electron chi connectivity index (χ1n) is 29.4. The number of unbranched alkanes of at least 4 members (excludes halogenated alkanes) is 4. The van der Waals surface area contributed by atoms with Crippen LogP contribution in [-0.2, 0) is 93.8 Å². The average molecular weight is 1210 g/mol. The van der Waals surface area contributed by atoms with Gasteiger partial charge in [0.15, 0.2) is 23.1 Å². The van der Waals surface area contributed by atoms with Crippen LogP contribution in [0.4, 0.5) is 0 Å². The Hall–Kier alpha value is -3.37. The lowest BCUT2D eigenvalue weighted by molar-refractivity contribution is -0.179. The van der Waals surface area contributed by atoms with E-state index >= 15 is 0 Å². The van der Waals surface area contributed by atoms with E-state index in [2.05, 4.69) is 60.8 Å². The van der Waals surface area contributed by atoms with Crippen molar-refractivity contribution in [2.45, 2.75) is 287 Å². The number of carbonyl (C=O) groups is 6. The summed E-state index contributed by atoms with van der Waals surface area (Å²) in [4.78, 5) is 75.1. The van der Waals surface area contributed by atoms with Gasteiger partial charge >= 0.3 is 17.9 Å². The first kappa shape index (κ1) is 72.9. The largest absolute Gasteiger partial charge is 0.459 e. The normalized spacial score (nSPS) is 33.0. The summed E-state index contributed by atoms with van der Waals surface area (Å²) in [6.07, 6.45) is 21.9. The van der Waals surface area contributed by atoms with Crippen LogP contribution in [0.2, 0.25) is 0 Å². The Morgan fingerprint density at radius 3 is 1.52 bits per heavy atom. The molecule has 0 spiro atoms. The van der Waals surface area contributed by atoms with Crippen molar-refractivity contribution in [3.8, 4) is 0 Å². The minimum atomic E-state index is -1.58. The Labute approximate surface area is 506 Å². The second-order valence-corrected chi connectivity index (χ2v) is 24.6. The van der Waals surface area contributed by atoms with Crippen LogP contribution in [0.5, 0.6) is 0 Å². The Morgan fingerprint density at radius 1 is 0.549 bits per heavy atom. The third-order valence-electron chi connectivity index (χ3n) is 16.1. The van der Waals surface area contributed by atoms with Gasteiger partial charge < -0.3 is 47.7 Å². The molecule has 0 aromatic heterocycles. The molecular formula is C63H98O16S3. The summed E-state index contributed by atoms with van der Waals surface area (Å²) in [5, 5.41) is 11.0. The molecule has 0 aromatic carbocycles. The van der Waals surface area contributed by atoms with E-state index in [0.29, 0.717) is 70.6 Å². The molecule has 12 atom stereocenters. The molecule has 0 aromatic rings. The topological polar surface area (TPSA) is 206 Å². The molecule has 3 saturated heterocycles. The number of aliphatic hydroxyl groups is 1. The maximum absolute atomic E-state index is 12.9. The number of Topliss-reactive ketones (excluding diaryl/α,β-unsaturated/α-hetero) is 3. The molecule has 1 N–H and O–H groups in total. The number of rotatable bonds is 20.